The maximum absolute atomic E-state index is 13.3. The molecule has 1 atom stereocenters. The van der Waals surface area contributed by atoms with Gasteiger partial charge < -0.3 is 5.32 Å². The molecule has 1 aromatic heterocycles. The first-order valence-electron chi connectivity index (χ1n) is 8.24. The molecule has 2 fully saturated rings. The number of nitrogens with zero attached hydrogens (tertiary/aromatic N) is 2. The first-order valence-corrected chi connectivity index (χ1v) is 9.68. The molecule has 6 heteroatoms. The molecule has 1 aliphatic carbocycles. The van der Waals surface area contributed by atoms with Crippen LogP contribution in [0.25, 0.3) is 10.8 Å². The molecule has 0 amide bonds. The SMILES string of the molecule is O=S(=O)(c1nccc2ccccc12)N1CCCNCC1C1CC1. The third-order valence-electron chi connectivity index (χ3n) is 4.81. The Morgan fingerprint density at radius 1 is 1.17 bits per heavy atom. The van der Waals surface area contributed by atoms with Crippen LogP contribution in [-0.2, 0) is 10.0 Å². The molecule has 0 bridgehead atoms. The molecular formula is C17H21N3O2S. The third-order valence-corrected chi connectivity index (χ3v) is 6.70. The van der Waals surface area contributed by atoms with Crippen molar-refractivity contribution in [3.8, 4) is 0 Å². The van der Waals surface area contributed by atoms with Crippen LogP contribution in [0.4, 0.5) is 0 Å². The van der Waals surface area contributed by atoms with E-state index < -0.39 is 10.0 Å². The van der Waals surface area contributed by atoms with Crippen molar-refractivity contribution in [2.75, 3.05) is 19.6 Å². The van der Waals surface area contributed by atoms with E-state index in [4.69, 9.17) is 0 Å². The van der Waals surface area contributed by atoms with Gasteiger partial charge in [-0.1, -0.05) is 24.3 Å². The topological polar surface area (TPSA) is 62.3 Å². The van der Waals surface area contributed by atoms with Gasteiger partial charge in [-0.2, -0.15) is 4.31 Å². The van der Waals surface area contributed by atoms with Gasteiger partial charge in [0.2, 0.25) is 0 Å². The number of pyridine rings is 1. The van der Waals surface area contributed by atoms with Gasteiger partial charge >= 0.3 is 0 Å². The minimum Gasteiger partial charge on any atom is -0.315 e. The smallest absolute Gasteiger partial charge is 0.261 e. The normalized spacial score (nSPS) is 23.7. The van der Waals surface area contributed by atoms with Gasteiger partial charge in [0, 0.05) is 30.7 Å². The summed E-state index contributed by atoms with van der Waals surface area (Å²) in [7, 11) is -3.58. The molecule has 1 aromatic carbocycles. The molecule has 1 saturated heterocycles. The second kappa shape index (κ2) is 5.85. The summed E-state index contributed by atoms with van der Waals surface area (Å²) < 4.78 is 28.4. The number of nitrogens with one attached hydrogen (secondary N) is 1. The van der Waals surface area contributed by atoms with Gasteiger partial charge in [0.25, 0.3) is 10.0 Å². The lowest BCUT2D eigenvalue weighted by Crippen LogP contribution is -2.45. The number of sulfonamides is 1. The van der Waals surface area contributed by atoms with Gasteiger partial charge in [-0.15, -0.1) is 0 Å². The molecule has 2 aromatic rings. The van der Waals surface area contributed by atoms with Crippen molar-refractivity contribution in [1.82, 2.24) is 14.6 Å². The molecule has 0 radical (unpaired) electrons. The van der Waals surface area contributed by atoms with Crippen LogP contribution in [0.3, 0.4) is 0 Å². The highest BCUT2D eigenvalue weighted by molar-refractivity contribution is 7.89. The van der Waals surface area contributed by atoms with E-state index >= 15 is 0 Å². The molecule has 4 rings (SSSR count). The zero-order valence-electron chi connectivity index (χ0n) is 13.0. The van der Waals surface area contributed by atoms with Crippen LogP contribution in [0.2, 0.25) is 0 Å². The second-order valence-corrected chi connectivity index (χ2v) is 8.22. The molecule has 2 aliphatic rings. The van der Waals surface area contributed by atoms with Crippen LogP contribution in [-0.4, -0.2) is 43.4 Å². The maximum atomic E-state index is 13.3. The largest absolute Gasteiger partial charge is 0.315 e. The highest BCUT2D eigenvalue weighted by Gasteiger charge is 2.42. The second-order valence-electron chi connectivity index (χ2n) is 6.42. The van der Waals surface area contributed by atoms with E-state index in [0.717, 1.165) is 37.7 Å². The molecule has 2 heterocycles. The summed E-state index contributed by atoms with van der Waals surface area (Å²) in [4.78, 5) is 4.25. The molecule has 1 saturated carbocycles. The summed E-state index contributed by atoms with van der Waals surface area (Å²) in [5, 5.41) is 5.20. The Morgan fingerprint density at radius 2 is 2.00 bits per heavy atom. The molecule has 122 valence electrons. The summed E-state index contributed by atoms with van der Waals surface area (Å²) in [6.07, 6.45) is 4.69. The number of fused-ring (bicyclic) bond motifs is 1. The number of benzene rings is 1. The van der Waals surface area contributed by atoms with E-state index in [2.05, 4.69) is 10.3 Å². The van der Waals surface area contributed by atoms with E-state index in [1.54, 1.807) is 10.5 Å². The Labute approximate surface area is 136 Å². The zero-order chi connectivity index (χ0) is 15.9. The fraction of sp³-hybridized carbons (Fsp3) is 0.471. The lowest BCUT2D eigenvalue weighted by molar-refractivity contribution is 0.305. The number of hydrogen-bond donors (Lipinski definition) is 1. The highest BCUT2D eigenvalue weighted by Crippen LogP contribution is 2.38. The van der Waals surface area contributed by atoms with Crippen LogP contribution < -0.4 is 5.32 Å². The van der Waals surface area contributed by atoms with Crippen LogP contribution in [0, 0.1) is 5.92 Å². The predicted molar refractivity (Wildman–Crippen MR) is 89.6 cm³/mol. The number of hydrogen-bond acceptors (Lipinski definition) is 4. The molecule has 1 aliphatic heterocycles. The standard InChI is InChI=1S/C17H21N3O2S/c21-23(22,17-15-5-2-1-4-13(15)8-10-19-17)20-11-3-9-18-12-16(20)14-6-7-14/h1-2,4-5,8,10,14,16,18H,3,6-7,9,11-12H2. The quantitative estimate of drug-likeness (QED) is 0.934. The Kier molecular flexibility index (Phi) is 3.83. The van der Waals surface area contributed by atoms with Gasteiger partial charge in [-0.05, 0) is 43.2 Å². The van der Waals surface area contributed by atoms with Crippen LogP contribution >= 0.6 is 0 Å². The maximum Gasteiger partial charge on any atom is 0.261 e. The fourth-order valence-electron chi connectivity index (χ4n) is 3.47. The van der Waals surface area contributed by atoms with E-state index in [9.17, 15) is 8.42 Å². The Balaban J connectivity index is 1.81. The lowest BCUT2D eigenvalue weighted by atomic mass is 10.2. The summed E-state index contributed by atoms with van der Waals surface area (Å²) in [6, 6.07) is 9.47. The number of aromatic nitrogens is 1. The van der Waals surface area contributed by atoms with Crippen LogP contribution in [0.15, 0.2) is 41.6 Å². The molecule has 5 nitrogen and oxygen atoms in total. The Bertz CT molecular complexity index is 812. The zero-order valence-corrected chi connectivity index (χ0v) is 13.8. The van der Waals surface area contributed by atoms with Gasteiger partial charge in [-0.25, -0.2) is 13.4 Å². The van der Waals surface area contributed by atoms with Crippen LogP contribution in [0.5, 0.6) is 0 Å². The van der Waals surface area contributed by atoms with E-state index in [1.165, 1.54) is 0 Å². The van der Waals surface area contributed by atoms with E-state index in [-0.39, 0.29) is 11.1 Å². The first kappa shape index (κ1) is 15.1. The molecule has 23 heavy (non-hydrogen) atoms. The predicted octanol–water partition coefficient (Wildman–Crippen LogP) is 2.00. The molecule has 0 spiro atoms. The Hall–Kier alpha value is -1.50. The summed E-state index contributed by atoms with van der Waals surface area (Å²) in [6.45, 7) is 2.19. The van der Waals surface area contributed by atoms with Crippen molar-refractivity contribution in [1.29, 1.82) is 0 Å². The van der Waals surface area contributed by atoms with Crippen molar-refractivity contribution >= 4 is 20.8 Å². The molecule has 1 unspecified atom stereocenters. The fourth-order valence-corrected chi connectivity index (χ4v) is 5.32. The minimum absolute atomic E-state index is 0.0586. The highest BCUT2D eigenvalue weighted by atomic mass is 32.2. The summed E-state index contributed by atoms with van der Waals surface area (Å²) >= 11 is 0. The van der Waals surface area contributed by atoms with Crippen molar-refractivity contribution in [3.63, 3.8) is 0 Å². The van der Waals surface area contributed by atoms with Crippen molar-refractivity contribution < 1.29 is 8.42 Å². The Morgan fingerprint density at radius 3 is 2.83 bits per heavy atom. The van der Waals surface area contributed by atoms with E-state index in [1.807, 2.05) is 30.3 Å². The molecular weight excluding hydrogens is 310 g/mol. The summed E-state index contributed by atoms with van der Waals surface area (Å²) in [5.41, 5.74) is 0. The average Bonchev–Trinajstić information content (AvgIpc) is 3.39. The first-order chi connectivity index (χ1) is 11.2. The third kappa shape index (κ3) is 2.75. The van der Waals surface area contributed by atoms with Crippen LogP contribution in [0.1, 0.15) is 19.3 Å². The van der Waals surface area contributed by atoms with Gasteiger partial charge in [-0.3, -0.25) is 0 Å². The minimum atomic E-state index is -3.58. The van der Waals surface area contributed by atoms with Crippen molar-refractivity contribution in [3.05, 3.63) is 36.5 Å². The average molecular weight is 331 g/mol. The van der Waals surface area contributed by atoms with Crippen molar-refractivity contribution in [2.45, 2.75) is 30.3 Å². The number of rotatable bonds is 3. The molecule has 1 N–H and O–H groups in total. The van der Waals surface area contributed by atoms with E-state index in [0.29, 0.717) is 17.8 Å². The van der Waals surface area contributed by atoms with Crippen molar-refractivity contribution in [2.24, 2.45) is 5.92 Å². The summed E-state index contributed by atoms with van der Waals surface area (Å²) in [5.74, 6) is 0.491. The monoisotopic (exact) mass is 331 g/mol. The van der Waals surface area contributed by atoms with Gasteiger partial charge in [0.1, 0.15) is 0 Å². The van der Waals surface area contributed by atoms with Gasteiger partial charge in [0.15, 0.2) is 5.03 Å². The lowest BCUT2D eigenvalue weighted by Gasteiger charge is -2.28. The van der Waals surface area contributed by atoms with Gasteiger partial charge in [0.05, 0.1) is 0 Å².